The van der Waals surface area contributed by atoms with E-state index >= 15 is 0 Å². The van der Waals surface area contributed by atoms with Gasteiger partial charge in [0.05, 0.1) is 0 Å². The third kappa shape index (κ3) is 3.33. The van der Waals surface area contributed by atoms with Gasteiger partial charge in [-0.2, -0.15) is 0 Å². The fourth-order valence-corrected chi connectivity index (χ4v) is 2.57. The molecule has 3 heteroatoms. The zero-order valence-electron chi connectivity index (χ0n) is 10.9. The van der Waals surface area contributed by atoms with E-state index in [-0.39, 0.29) is 6.04 Å². The zero-order valence-corrected chi connectivity index (χ0v) is 10.9. The van der Waals surface area contributed by atoms with Gasteiger partial charge in [-0.25, -0.2) is 0 Å². The first-order chi connectivity index (χ1) is 8.66. The summed E-state index contributed by atoms with van der Waals surface area (Å²) in [5.41, 5.74) is 2.55. The van der Waals surface area contributed by atoms with Crippen molar-refractivity contribution in [3.8, 4) is 0 Å². The van der Waals surface area contributed by atoms with E-state index in [0.29, 0.717) is 0 Å². The van der Waals surface area contributed by atoms with Crippen molar-refractivity contribution in [2.45, 2.75) is 38.6 Å². The van der Waals surface area contributed by atoms with Gasteiger partial charge < -0.3 is 5.11 Å². The summed E-state index contributed by atoms with van der Waals surface area (Å²) in [7, 11) is 0. The van der Waals surface area contributed by atoms with Crippen LogP contribution in [-0.2, 0) is 11.2 Å². The van der Waals surface area contributed by atoms with E-state index in [1.54, 1.807) is 0 Å². The van der Waals surface area contributed by atoms with Crippen LogP contribution in [0.5, 0.6) is 0 Å². The van der Waals surface area contributed by atoms with Crippen LogP contribution in [-0.4, -0.2) is 35.1 Å². The summed E-state index contributed by atoms with van der Waals surface area (Å²) in [6, 6.07) is 8.22. The molecule has 98 valence electrons. The van der Waals surface area contributed by atoms with Gasteiger partial charge in [0.15, 0.2) is 0 Å². The third-order valence-electron chi connectivity index (χ3n) is 3.71. The maximum absolute atomic E-state index is 11.2. The van der Waals surface area contributed by atoms with Crippen molar-refractivity contribution >= 4 is 5.97 Å². The van der Waals surface area contributed by atoms with E-state index in [1.165, 1.54) is 11.1 Å². The summed E-state index contributed by atoms with van der Waals surface area (Å²) >= 11 is 0. The van der Waals surface area contributed by atoms with Crippen molar-refractivity contribution in [1.29, 1.82) is 0 Å². The molecule has 0 amide bonds. The number of hydrogen-bond acceptors (Lipinski definition) is 2. The Hall–Kier alpha value is -1.35. The van der Waals surface area contributed by atoms with Gasteiger partial charge in [-0.3, -0.25) is 9.69 Å². The van der Waals surface area contributed by atoms with Crippen molar-refractivity contribution in [3.05, 3.63) is 35.4 Å². The van der Waals surface area contributed by atoms with Gasteiger partial charge in [0.2, 0.25) is 0 Å². The summed E-state index contributed by atoms with van der Waals surface area (Å²) < 4.78 is 0. The molecule has 0 bridgehead atoms. The van der Waals surface area contributed by atoms with Crippen LogP contribution in [0, 0.1) is 6.92 Å². The standard InChI is InChI=1S/C15H21NO2/c1-12-5-7-13(8-6-12)9-11-16-10-3-2-4-14(16)15(17)18/h5-8,14H,2-4,9-11H2,1H3,(H,17,18). The minimum atomic E-state index is -0.668. The summed E-state index contributed by atoms with van der Waals surface area (Å²) in [5, 5.41) is 9.20. The molecule has 0 spiro atoms. The highest BCUT2D eigenvalue weighted by Crippen LogP contribution is 2.17. The Morgan fingerprint density at radius 1 is 1.33 bits per heavy atom. The van der Waals surface area contributed by atoms with Crippen LogP contribution in [0.4, 0.5) is 0 Å². The van der Waals surface area contributed by atoms with Gasteiger partial charge >= 0.3 is 5.97 Å². The molecule has 1 heterocycles. The normalized spacial score (nSPS) is 20.8. The number of benzene rings is 1. The molecule has 1 saturated heterocycles. The van der Waals surface area contributed by atoms with Crippen molar-refractivity contribution < 1.29 is 9.90 Å². The maximum atomic E-state index is 11.2. The van der Waals surface area contributed by atoms with Crippen LogP contribution in [0.2, 0.25) is 0 Å². The maximum Gasteiger partial charge on any atom is 0.320 e. The van der Waals surface area contributed by atoms with Crippen molar-refractivity contribution in [1.82, 2.24) is 4.90 Å². The second-order valence-electron chi connectivity index (χ2n) is 5.12. The molecule has 0 aliphatic carbocycles. The molecule has 1 fully saturated rings. The van der Waals surface area contributed by atoms with E-state index in [9.17, 15) is 9.90 Å². The van der Waals surface area contributed by atoms with Crippen LogP contribution in [0.1, 0.15) is 30.4 Å². The second-order valence-corrected chi connectivity index (χ2v) is 5.12. The molecule has 18 heavy (non-hydrogen) atoms. The minimum Gasteiger partial charge on any atom is -0.480 e. The van der Waals surface area contributed by atoms with Crippen molar-refractivity contribution in [2.24, 2.45) is 0 Å². The zero-order chi connectivity index (χ0) is 13.0. The summed E-state index contributed by atoms with van der Waals surface area (Å²) in [5.74, 6) is -0.668. The van der Waals surface area contributed by atoms with Gasteiger partial charge in [0.1, 0.15) is 6.04 Å². The minimum absolute atomic E-state index is 0.274. The number of nitrogens with zero attached hydrogens (tertiary/aromatic N) is 1. The lowest BCUT2D eigenvalue weighted by Gasteiger charge is -2.32. The molecule has 0 radical (unpaired) electrons. The first kappa shape index (κ1) is 13.1. The predicted octanol–water partition coefficient (Wildman–Crippen LogP) is 2.48. The summed E-state index contributed by atoms with van der Waals surface area (Å²) in [6.45, 7) is 3.84. The highest BCUT2D eigenvalue weighted by Gasteiger charge is 2.27. The Morgan fingerprint density at radius 3 is 2.72 bits per heavy atom. The molecular formula is C15H21NO2. The lowest BCUT2D eigenvalue weighted by Crippen LogP contribution is -2.45. The molecule has 1 unspecified atom stereocenters. The number of likely N-dealkylation sites (tertiary alicyclic amines) is 1. The number of rotatable bonds is 4. The average molecular weight is 247 g/mol. The predicted molar refractivity (Wildman–Crippen MR) is 71.7 cm³/mol. The van der Waals surface area contributed by atoms with E-state index in [2.05, 4.69) is 36.1 Å². The van der Waals surface area contributed by atoms with Crippen LogP contribution in [0.3, 0.4) is 0 Å². The Labute approximate surface area is 108 Å². The molecular weight excluding hydrogens is 226 g/mol. The van der Waals surface area contributed by atoms with Crippen LogP contribution in [0.25, 0.3) is 0 Å². The molecule has 0 saturated carbocycles. The molecule has 2 rings (SSSR count). The van der Waals surface area contributed by atoms with Gasteiger partial charge in [0.25, 0.3) is 0 Å². The molecule has 1 aliphatic heterocycles. The largest absolute Gasteiger partial charge is 0.480 e. The number of aryl methyl sites for hydroxylation is 1. The van der Waals surface area contributed by atoms with Crippen LogP contribution in [0.15, 0.2) is 24.3 Å². The Morgan fingerprint density at radius 2 is 2.06 bits per heavy atom. The Balaban J connectivity index is 1.91. The fourth-order valence-electron chi connectivity index (χ4n) is 2.57. The highest BCUT2D eigenvalue weighted by atomic mass is 16.4. The Bertz CT molecular complexity index is 399. The van der Waals surface area contributed by atoms with Gasteiger partial charge in [-0.1, -0.05) is 36.2 Å². The van der Waals surface area contributed by atoms with Gasteiger partial charge in [0, 0.05) is 6.54 Å². The smallest absolute Gasteiger partial charge is 0.320 e. The fraction of sp³-hybridized carbons (Fsp3) is 0.533. The van der Waals surface area contributed by atoms with Crippen molar-refractivity contribution in [2.75, 3.05) is 13.1 Å². The first-order valence-electron chi connectivity index (χ1n) is 6.69. The second kappa shape index (κ2) is 6.01. The number of piperidine rings is 1. The van der Waals surface area contributed by atoms with Gasteiger partial charge in [-0.05, 0) is 38.3 Å². The molecule has 0 aromatic heterocycles. The van der Waals surface area contributed by atoms with E-state index in [4.69, 9.17) is 0 Å². The summed E-state index contributed by atoms with van der Waals surface area (Å²) in [4.78, 5) is 13.3. The molecule has 1 atom stereocenters. The first-order valence-corrected chi connectivity index (χ1v) is 6.69. The molecule has 1 aromatic carbocycles. The molecule has 3 nitrogen and oxygen atoms in total. The lowest BCUT2D eigenvalue weighted by atomic mass is 10.0. The Kier molecular flexibility index (Phi) is 4.37. The summed E-state index contributed by atoms with van der Waals surface area (Å²) in [6.07, 6.45) is 3.89. The van der Waals surface area contributed by atoms with Crippen LogP contribution >= 0.6 is 0 Å². The topological polar surface area (TPSA) is 40.5 Å². The number of carboxylic acid groups (broad SMARTS) is 1. The monoisotopic (exact) mass is 247 g/mol. The van der Waals surface area contributed by atoms with Crippen molar-refractivity contribution in [3.63, 3.8) is 0 Å². The number of aliphatic carboxylic acids is 1. The average Bonchev–Trinajstić information content (AvgIpc) is 2.38. The molecule has 1 aliphatic rings. The number of carboxylic acids is 1. The highest BCUT2D eigenvalue weighted by molar-refractivity contribution is 5.73. The van der Waals surface area contributed by atoms with Gasteiger partial charge in [-0.15, -0.1) is 0 Å². The van der Waals surface area contributed by atoms with E-state index in [1.807, 2.05) is 0 Å². The number of carbonyl (C=O) groups is 1. The lowest BCUT2D eigenvalue weighted by molar-refractivity contribution is -0.144. The van der Waals surface area contributed by atoms with E-state index in [0.717, 1.165) is 38.8 Å². The SMILES string of the molecule is Cc1ccc(CCN2CCCCC2C(=O)O)cc1. The quantitative estimate of drug-likeness (QED) is 0.888. The van der Waals surface area contributed by atoms with Crippen LogP contribution < -0.4 is 0 Å². The van der Waals surface area contributed by atoms with E-state index < -0.39 is 5.97 Å². The molecule has 1 aromatic rings. The molecule has 1 N–H and O–H groups in total. The third-order valence-corrected chi connectivity index (χ3v) is 3.71. The number of hydrogen-bond donors (Lipinski definition) is 1.